The van der Waals surface area contributed by atoms with Crippen molar-refractivity contribution in [1.82, 2.24) is 9.97 Å². The quantitative estimate of drug-likeness (QED) is 0.684. The lowest BCUT2D eigenvalue weighted by Gasteiger charge is -2.07. The van der Waals surface area contributed by atoms with E-state index in [2.05, 4.69) is 15.3 Å². The molecule has 8 heteroatoms. The van der Waals surface area contributed by atoms with Gasteiger partial charge in [-0.2, -0.15) is 0 Å². The molecule has 1 aromatic heterocycles. The maximum atomic E-state index is 10.9. The van der Waals surface area contributed by atoms with E-state index in [1.807, 2.05) is 0 Å². The zero-order valence-corrected chi connectivity index (χ0v) is 10.6. The molecule has 0 aliphatic heterocycles. The summed E-state index contributed by atoms with van der Waals surface area (Å²) >= 11 is 5.91. The van der Waals surface area contributed by atoms with Gasteiger partial charge in [-0.15, -0.1) is 0 Å². The van der Waals surface area contributed by atoms with E-state index >= 15 is 0 Å². The molecule has 0 saturated heterocycles. The van der Waals surface area contributed by atoms with Gasteiger partial charge < -0.3 is 10.1 Å². The SMILES string of the molecule is CNc1cc(Oc2c(Cl)cccc2[N+](=O)[O-])ncn1. The van der Waals surface area contributed by atoms with Gasteiger partial charge in [0.25, 0.3) is 0 Å². The summed E-state index contributed by atoms with van der Waals surface area (Å²) in [5.41, 5.74) is -0.225. The van der Waals surface area contributed by atoms with Gasteiger partial charge in [-0.05, 0) is 6.07 Å². The number of hydrogen-bond donors (Lipinski definition) is 1. The third kappa shape index (κ3) is 2.89. The molecular formula is C11H9ClN4O3. The molecule has 0 atom stereocenters. The van der Waals surface area contributed by atoms with Crippen molar-refractivity contribution < 1.29 is 9.66 Å². The lowest BCUT2D eigenvalue weighted by Crippen LogP contribution is -1.97. The van der Waals surface area contributed by atoms with E-state index in [0.29, 0.717) is 5.82 Å². The third-order valence-electron chi connectivity index (χ3n) is 2.25. The van der Waals surface area contributed by atoms with Crippen LogP contribution in [0.25, 0.3) is 0 Å². The summed E-state index contributed by atoms with van der Waals surface area (Å²) in [4.78, 5) is 18.1. The monoisotopic (exact) mass is 280 g/mol. The van der Waals surface area contributed by atoms with Crippen molar-refractivity contribution in [2.24, 2.45) is 0 Å². The fourth-order valence-electron chi connectivity index (χ4n) is 1.38. The van der Waals surface area contributed by atoms with Crippen molar-refractivity contribution in [3.63, 3.8) is 0 Å². The van der Waals surface area contributed by atoms with Crippen LogP contribution in [0.15, 0.2) is 30.6 Å². The Kier molecular flexibility index (Phi) is 3.76. The minimum absolute atomic E-state index is 0.0464. The van der Waals surface area contributed by atoms with Crippen molar-refractivity contribution in [3.8, 4) is 11.6 Å². The molecule has 0 fully saturated rings. The van der Waals surface area contributed by atoms with Crippen LogP contribution >= 0.6 is 11.6 Å². The molecule has 2 rings (SSSR count). The molecule has 0 saturated carbocycles. The molecule has 1 aromatic carbocycles. The Balaban J connectivity index is 2.40. The molecule has 0 unspecified atom stereocenters. The van der Waals surface area contributed by atoms with E-state index in [1.54, 1.807) is 7.05 Å². The van der Waals surface area contributed by atoms with Crippen LogP contribution in [0.3, 0.4) is 0 Å². The van der Waals surface area contributed by atoms with Crippen molar-refractivity contribution >= 4 is 23.1 Å². The molecule has 0 aliphatic rings. The van der Waals surface area contributed by atoms with Gasteiger partial charge in [0, 0.05) is 19.2 Å². The molecule has 0 aliphatic carbocycles. The Morgan fingerprint density at radius 2 is 2.21 bits per heavy atom. The van der Waals surface area contributed by atoms with Crippen LogP contribution in [0, 0.1) is 10.1 Å². The van der Waals surface area contributed by atoms with E-state index in [4.69, 9.17) is 16.3 Å². The van der Waals surface area contributed by atoms with Crippen LogP contribution in [0.5, 0.6) is 11.6 Å². The standard InChI is InChI=1S/C11H9ClN4O3/c1-13-9-5-10(15-6-14-9)19-11-7(12)3-2-4-8(11)16(17)18/h2-6H,1H3,(H,13,14,15). The molecule has 2 aromatic rings. The summed E-state index contributed by atoms with van der Waals surface area (Å²) in [6, 6.07) is 5.80. The number of nitro benzene ring substituents is 1. The molecular weight excluding hydrogens is 272 g/mol. The first-order chi connectivity index (χ1) is 9.11. The van der Waals surface area contributed by atoms with Gasteiger partial charge >= 0.3 is 5.69 Å². The van der Waals surface area contributed by atoms with Gasteiger partial charge in [-0.1, -0.05) is 17.7 Å². The van der Waals surface area contributed by atoms with E-state index in [-0.39, 0.29) is 22.3 Å². The van der Waals surface area contributed by atoms with E-state index in [1.165, 1.54) is 30.6 Å². The van der Waals surface area contributed by atoms with Crippen LogP contribution in [0.4, 0.5) is 11.5 Å². The molecule has 7 nitrogen and oxygen atoms in total. The fraction of sp³-hybridized carbons (Fsp3) is 0.0909. The number of halogens is 1. The highest BCUT2D eigenvalue weighted by molar-refractivity contribution is 6.32. The van der Waals surface area contributed by atoms with Crippen LogP contribution in [0.2, 0.25) is 5.02 Å². The number of hydrogen-bond acceptors (Lipinski definition) is 6. The predicted molar refractivity (Wildman–Crippen MR) is 69.8 cm³/mol. The lowest BCUT2D eigenvalue weighted by molar-refractivity contribution is -0.385. The zero-order chi connectivity index (χ0) is 13.8. The Hall–Kier alpha value is -2.41. The number of anilines is 1. The summed E-state index contributed by atoms with van der Waals surface area (Å²) in [5.74, 6) is 0.644. The average Bonchev–Trinajstić information content (AvgIpc) is 2.41. The molecule has 0 spiro atoms. The number of para-hydroxylation sites is 1. The number of nitrogens with zero attached hydrogens (tertiary/aromatic N) is 3. The molecule has 1 heterocycles. The first kappa shape index (κ1) is 13.0. The van der Waals surface area contributed by atoms with Crippen molar-refractivity contribution in [2.45, 2.75) is 0 Å². The molecule has 0 radical (unpaired) electrons. The normalized spacial score (nSPS) is 10.0. The summed E-state index contributed by atoms with van der Waals surface area (Å²) < 4.78 is 5.38. The van der Waals surface area contributed by atoms with Crippen molar-refractivity contribution in [3.05, 3.63) is 45.7 Å². The largest absolute Gasteiger partial charge is 0.430 e. The lowest BCUT2D eigenvalue weighted by atomic mass is 10.3. The minimum Gasteiger partial charge on any atom is -0.430 e. The van der Waals surface area contributed by atoms with E-state index < -0.39 is 4.92 Å². The number of nitro groups is 1. The van der Waals surface area contributed by atoms with Crippen molar-refractivity contribution in [2.75, 3.05) is 12.4 Å². The molecule has 1 N–H and O–H groups in total. The number of aromatic nitrogens is 2. The highest BCUT2D eigenvalue weighted by Crippen LogP contribution is 2.37. The van der Waals surface area contributed by atoms with Gasteiger partial charge in [0.1, 0.15) is 12.1 Å². The van der Waals surface area contributed by atoms with Gasteiger partial charge in [0.2, 0.25) is 11.6 Å². The first-order valence-electron chi connectivity index (χ1n) is 5.22. The van der Waals surface area contributed by atoms with Crippen molar-refractivity contribution in [1.29, 1.82) is 0 Å². The van der Waals surface area contributed by atoms with Gasteiger partial charge in [-0.3, -0.25) is 10.1 Å². The zero-order valence-electron chi connectivity index (χ0n) is 9.83. The summed E-state index contributed by atoms with van der Waals surface area (Å²) in [5, 5.41) is 13.9. The molecule has 98 valence electrons. The second-order valence-electron chi connectivity index (χ2n) is 3.44. The number of ether oxygens (including phenoxy) is 1. The molecule has 0 bridgehead atoms. The highest BCUT2D eigenvalue weighted by Gasteiger charge is 2.19. The fourth-order valence-corrected chi connectivity index (χ4v) is 1.59. The molecule has 19 heavy (non-hydrogen) atoms. The summed E-state index contributed by atoms with van der Waals surface area (Å²) in [6.45, 7) is 0. The average molecular weight is 281 g/mol. The smallest absolute Gasteiger partial charge is 0.313 e. The second-order valence-corrected chi connectivity index (χ2v) is 3.85. The van der Waals surface area contributed by atoms with Gasteiger partial charge in [0.05, 0.1) is 9.95 Å². The topological polar surface area (TPSA) is 90.2 Å². The first-order valence-corrected chi connectivity index (χ1v) is 5.60. The minimum atomic E-state index is -0.568. The Bertz CT molecular complexity index is 621. The van der Waals surface area contributed by atoms with E-state index in [0.717, 1.165) is 0 Å². The van der Waals surface area contributed by atoms with E-state index in [9.17, 15) is 10.1 Å². The number of benzene rings is 1. The summed E-state index contributed by atoms with van der Waals surface area (Å²) in [7, 11) is 1.68. The second kappa shape index (κ2) is 5.49. The predicted octanol–water partition coefficient (Wildman–Crippen LogP) is 2.87. The highest BCUT2D eigenvalue weighted by atomic mass is 35.5. The summed E-state index contributed by atoms with van der Waals surface area (Å²) in [6.07, 6.45) is 1.28. The van der Waals surface area contributed by atoms with Crippen LogP contribution in [0.1, 0.15) is 0 Å². The Labute approximate surface area is 113 Å². The number of nitrogens with one attached hydrogen (secondary N) is 1. The Morgan fingerprint density at radius 3 is 2.89 bits per heavy atom. The van der Waals surface area contributed by atoms with Crippen LogP contribution in [-0.4, -0.2) is 21.9 Å². The van der Waals surface area contributed by atoms with Crippen LogP contribution < -0.4 is 10.1 Å². The Morgan fingerprint density at radius 1 is 1.42 bits per heavy atom. The third-order valence-corrected chi connectivity index (χ3v) is 2.55. The van der Waals surface area contributed by atoms with Gasteiger partial charge in [-0.25, -0.2) is 9.97 Å². The van der Waals surface area contributed by atoms with Gasteiger partial charge in [0.15, 0.2) is 0 Å². The van der Waals surface area contributed by atoms with Crippen LogP contribution in [-0.2, 0) is 0 Å². The molecule has 0 amide bonds. The maximum absolute atomic E-state index is 10.9. The number of rotatable bonds is 4. The maximum Gasteiger partial charge on any atom is 0.313 e.